The highest BCUT2D eigenvalue weighted by Gasteiger charge is 2.52. The molecule has 5 aromatic carbocycles. The second-order valence-electron chi connectivity index (χ2n) is 17.2. The fourth-order valence-electron chi connectivity index (χ4n) is 8.51. The number of hydrogen-bond donors (Lipinski definition) is 1. The first-order valence-corrected chi connectivity index (χ1v) is 21.3. The van der Waals surface area contributed by atoms with Crippen molar-refractivity contribution in [1.82, 2.24) is 0 Å². The first-order valence-electron chi connectivity index (χ1n) is 21.3. The van der Waals surface area contributed by atoms with Gasteiger partial charge in [0.25, 0.3) is 0 Å². The fourth-order valence-corrected chi connectivity index (χ4v) is 8.51. The lowest BCUT2D eigenvalue weighted by molar-refractivity contribution is -0.919. The summed E-state index contributed by atoms with van der Waals surface area (Å²) in [5, 5.41) is 0. The van der Waals surface area contributed by atoms with Gasteiger partial charge in [0, 0.05) is 17.4 Å². The minimum Gasteiger partial charge on any atom is -0.331 e. The van der Waals surface area contributed by atoms with Crippen LogP contribution in [0.25, 0.3) is 0 Å². The fraction of sp³-hybridized carbons (Fsp3) is 0.362. The van der Waals surface area contributed by atoms with Crippen LogP contribution in [0.15, 0.2) is 18.2 Å². The topological polar surface area (TPSA) is 4.44 Å². The maximum atomic E-state index is 15.4. The lowest BCUT2D eigenvalue weighted by Gasteiger charge is -2.44. The van der Waals surface area contributed by atoms with Gasteiger partial charge in [0.15, 0.2) is 69.8 Å². The third-order valence-electron chi connectivity index (χ3n) is 11.4. The van der Waals surface area contributed by atoms with Gasteiger partial charge < -0.3 is 4.90 Å². The van der Waals surface area contributed by atoms with Crippen molar-refractivity contribution in [3.8, 4) is 0 Å². The summed E-state index contributed by atoms with van der Waals surface area (Å²) in [5.74, 6) is -69.9. The highest BCUT2D eigenvalue weighted by atomic mass is 19.2. The molecule has 0 amide bonds. The number of nitrogens with one attached hydrogen (secondary N) is 1. The van der Waals surface area contributed by atoms with E-state index in [4.69, 9.17) is 0 Å². The molecule has 5 rings (SSSR count). The molecule has 378 valence electrons. The van der Waals surface area contributed by atoms with Crippen LogP contribution < -0.4 is 26.8 Å². The Balaban J connectivity index is 0.000000365. The third-order valence-corrected chi connectivity index (χ3v) is 11.4. The Bertz CT molecular complexity index is 2310. The number of unbranched alkanes of at least 4 members (excludes halogenated alkanes) is 2. The Morgan fingerprint density at radius 1 is 0.362 bits per heavy atom. The van der Waals surface area contributed by atoms with Crippen LogP contribution in [0.2, 0.25) is 0 Å². The Kier molecular flexibility index (Phi) is 18.5. The highest BCUT2D eigenvalue weighted by Crippen LogP contribution is 2.31. The molecule has 1 nitrogen and oxygen atoms in total. The summed E-state index contributed by atoms with van der Waals surface area (Å²) in [4.78, 5) is 1.75. The van der Waals surface area contributed by atoms with Crippen LogP contribution in [-0.2, 0) is 19.4 Å². The molecule has 0 unspecified atom stereocenters. The molecule has 0 bridgehead atoms. The van der Waals surface area contributed by atoms with E-state index in [0.29, 0.717) is 0 Å². The first-order chi connectivity index (χ1) is 32.2. The van der Waals surface area contributed by atoms with E-state index < -0.39 is 144 Å². The summed E-state index contributed by atoms with van der Waals surface area (Å²) in [6.07, 6.45) is 0.469. The predicted octanol–water partition coefficient (Wildman–Crippen LogP) is 10.9. The second-order valence-corrected chi connectivity index (χ2v) is 17.2. The van der Waals surface area contributed by atoms with E-state index in [2.05, 4.69) is 59.7 Å². The number of hydrogen-bond acceptors (Lipinski definition) is 0. The minimum atomic E-state index is -7.22. The molecule has 0 radical (unpaired) electrons. The molecule has 0 atom stereocenters. The Labute approximate surface area is 383 Å². The van der Waals surface area contributed by atoms with Crippen LogP contribution in [0.3, 0.4) is 0 Å². The number of aryl methyl sites for hydroxylation is 2. The highest BCUT2D eigenvalue weighted by molar-refractivity contribution is 7.20. The van der Waals surface area contributed by atoms with Gasteiger partial charge in [-0.25, -0.2) is 87.8 Å². The average Bonchev–Trinajstić information content (AvgIpc) is 3.30. The van der Waals surface area contributed by atoms with Crippen molar-refractivity contribution < 1.29 is 92.7 Å². The zero-order valence-corrected chi connectivity index (χ0v) is 37.4. The third kappa shape index (κ3) is 10.6. The van der Waals surface area contributed by atoms with Crippen LogP contribution in [0.4, 0.5) is 87.8 Å². The SMILES string of the molecule is CCCCc1ccc(C[NH+](CC(C)C)CC(C)C)c(CCCC)c1.Fc1c(F)c(F)c([B-](c2c(F)c(F)c(F)c(F)c2F)(c2c(F)c(F)c(F)c(F)c2F)c2c(F)c(F)c(F)c(F)c2F)c(F)c1F. The van der Waals surface area contributed by atoms with Crippen molar-refractivity contribution in [2.24, 2.45) is 11.8 Å². The first kappa shape index (κ1) is 56.3. The molecule has 0 saturated carbocycles. The number of quaternary nitrogens is 1. The van der Waals surface area contributed by atoms with Crippen molar-refractivity contribution in [2.45, 2.75) is 86.6 Å². The van der Waals surface area contributed by atoms with E-state index in [1.54, 1.807) is 21.6 Å². The molecular weight excluding hydrogens is 969 g/mol. The quantitative estimate of drug-likeness (QED) is 0.0435. The number of rotatable bonds is 16. The molecule has 0 saturated heterocycles. The Morgan fingerprint density at radius 3 is 0.884 bits per heavy atom. The summed E-state index contributed by atoms with van der Waals surface area (Å²) >= 11 is 0. The maximum absolute atomic E-state index is 15.4. The van der Waals surface area contributed by atoms with Gasteiger partial charge in [0.1, 0.15) is 59.2 Å². The zero-order chi connectivity index (χ0) is 52.3. The minimum absolute atomic E-state index is 0.765. The number of benzene rings is 5. The van der Waals surface area contributed by atoms with Gasteiger partial charge in [-0.1, -0.05) is 72.6 Å². The van der Waals surface area contributed by atoms with Gasteiger partial charge in [-0.15, -0.1) is 21.9 Å². The Hall–Kier alpha value is -5.28. The van der Waals surface area contributed by atoms with Crippen molar-refractivity contribution >= 4 is 28.0 Å². The van der Waals surface area contributed by atoms with Crippen LogP contribution in [0.5, 0.6) is 0 Å². The van der Waals surface area contributed by atoms with Gasteiger partial charge in [0.05, 0.1) is 13.1 Å². The van der Waals surface area contributed by atoms with E-state index >= 15 is 35.1 Å². The zero-order valence-electron chi connectivity index (χ0n) is 37.4. The van der Waals surface area contributed by atoms with Crippen LogP contribution >= 0.6 is 0 Å². The molecule has 0 spiro atoms. The maximum Gasteiger partial charge on any atom is 0.200 e. The van der Waals surface area contributed by atoms with Gasteiger partial charge in [0.2, 0.25) is 0 Å². The van der Waals surface area contributed by atoms with Crippen molar-refractivity contribution in [3.63, 3.8) is 0 Å². The largest absolute Gasteiger partial charge is 0.331 e. The molecule has 5 aromatic rings. The molecule has 0 aliphatic rings. The molecule has 0 aromatic heterocycles. The van der Waals surface area contributed by atoms with Crippen LogP contribution in [0.1, 0.15) is 83.9 Å². The Morgan fingerprint density at radius 2 is 0.623 bits per heavy atom. The van der Waals surface area contributed by atoms with E-state index in [0.717, 1.165) is 11.8 Å². The summed E-state index contributed by atoms with van der Waals surface area (Å²) in [6.45, 7) is 17.8. The molecule has 69 heavy (non-hydrogen) atoms. The van der Waals surface area contributed by atoms with Gasteiger partial charge in [-0.05, 0) is 36.8 Å². The van der Waals surface area contributed by atoms with Crippen molar-refractivity contribution in [1.29, 1.82) is 0 Å². The van der Waals surface area contributed by atoms with Gasteiger partial charge in [-0.2, -0.15) is 0 Å². The summed E-state index contributed by atoms with van der Waals surface area (Å²) in [6, 6.07) is 7.35. The second kappa shape index (κ2) is 22.6. The van der Waals surface area contributed by atoms with Gasteiger partial charge in [-0.3, -0.25) is 0 Å². The predicted molar refractivity (Wildman–Crippen MR) is 217 cm³/mol. The lowest BCUT2D eigenvalue weighted by Crippen LogP contribution is -3.11. The van der Waals surface area contributed by atoms with Crippen molar-refractivity contribution in [2.75, 3.05) is 13.1 Å². The summed E-state index contributed by atoms with van der Waals surface area (Å²) < 4.78 is 294. The molecule has 22 heteroatoms. The normalized spacial score (nSPS) is 12.0. The van der Waals surface area contributed by atoms with E-state index in [1.165, 1.54) is 58.2 Å². The molecular formula is C47H42BF20N. The molecule has 1 N–H and O–H groups in total. The molecule has 0 aliphatic heterocycles. The van der Waals surface area contributed by atoms with E-state index in [1.807, 2.05) is 0 Å². The monoisotopic (exact) mass is 1010 g/mol. The summed E-state index contributed by atoms with van der Waals surface area (Å²) in [5.41, 5.74) is -9.57. The van der Waals surface area contributed by atoms with Gasteiger partial charge >= 0.3 is 0 Å². The van der Waals surface area contributed by atoms with E-state index in [-0.39, 0.29) is 0 Å². The standard InChI is InChI=1S/C24BF20.C23H41N/c26-5-1(6(27)14(35)21(42)13(5)34)25(2-7(28)15(36)22(43)16(37)8(2)29,3-9(30)17(38)23(44)18(39)10(3)31)4-11(32)19(40)24(45)20(41)12(4)33;1-7-9-11-21-13-14-23(22(15-21)12-10-8-2)18-24(16-19(3)4)17-20(5)6/h;13-15,19-20H,7-12,16-18H2,1-6H3/q-1;/p+1. The van der Waals surface area contributed by atoms with Crippen LogP contribution in [-0.4, -0.2) is 19.2 Å². The van der Waals surface area contributed by atoms with Crippen molar-refractivity contribution in [3.05, 3.63) is 151 Å². The molecule has 0 fully saturated rings. The molecule has 0 aliphatic carbocycles. The molecule has 0 heterocycles. The summed E-state index contributed by atoms with van der Waals surface area (Å²) in [7, 11) is 0. The van der Waals surface area contributed by atoms with E-state index in [9.17, 15) is 52.7 Å². The number of halogens is 20. The lowest BCUT2D eigenvalue weighted by atomic mass is 9.12. The smallest absolute Gasteiger partial charge is 0.200 e. The van der Waals surface area contributed by atoms with Crippen LogP contribution in [0, 0.1) is 128 Å². The average molecular weight is 1010 g/mol.